The van der Waals surface area contributed by atoms with Crippen molar-refractivity contribution in [2.75, 3.05) is 0 Å². The van der Waals surface area contributed by atoms with Crippen molar-refractivity contribution >= 4 is 15.9 Å². The minimum absolute atomic E-state index is 0.180. The number of nitriles is 1. The molecule has 3 heteroatoms. The number of hydrogen-bond acceptors (Lipinski definition) is 2. The summed E-state index contributed by atoms with van der Waals surface area (Å²) >= 11 is 3.44. The molecule has 1 aromatic carbocycles. The van der Waals surface area contributed by atoms with Crippen LogP contribution >= 0.6 is 15.9 Å². The minimum atomic E-state index is -0.180. The SMILES string of the molecule is N#CC(NC1CCCC1)c1cccc(Br)c1. The van der Waals surface area contributed by atoms with Gasteiger partial charge in [-0.2, -0.15) is 5.26 Å². The molecule has 1 aliphatic rings. The molecule has 0 spiro atoms. The Labute approximate surface area is 105 Å². The molecule has 0 amide bonds. The Morgan fingerprint density at radius 1 is 1.38 bits per heavy atom. The van der Waals surface area contributed by atoms with E-state index in [-0.39, 0.29) is 6.04 Å². The van der Waals surface area contributed by atoms with Crippen LogP contribution in [0.15, 0.2) is 28.7 Å². The van der Waals surface area contributed by atoms with Gasteiger partial charge in [0.1, 0.15) is 6.04 Å². The summed E-state index contributed by atoms with van der Waals surface area (Å²) in [6, 6.07) is 10.6. The molecule has 1 aliphatic carbocycles. The predicted octanol–water partition coefficient (Wildman–Crippen LogP) is 3.55. The average molecular weight is 279 g/mol. The largest absolute Gasteiger partial charge is 0.295 e. The molecule has 2 rings (SSSR count). The molecular weight excluding hydrogens is 264 g/mol. The Morgan fingerprint density at radius 3 is 2.75 bits per heavy atom. The van der Waals surface area contributed by atoms with Gasteiger partial charge in [0.25, 0.3) is 0 Å². The molecule has 84 valence electrons. The fourth-order valence-corrected chi connectivity index (χ4v) is 2.64. The molecule has 1 unspecified atom stereocenters. The first-order valence-corrected chi connectivity index (χ1v) is 6.50. The number of halogens is 1. The first-order valence-electron chi connectivity index (χ1n) is 5.71. The van der Waals surface area contributed by atoms with E-state index in [0.29, 0.717) is 6.04 Å². The Kier molecular flexibility index (Phi) is 3.98. The third-order valence-electron chi connectivity index (χ3n) is 3.07. The van der Waals surface area contributed by atoms with E-state index in [2.05, 4.69) is 27.3 Å². The molecular formula is C13H15BrN2. The molecule has 0 aliphatic heterocycles. The third-order valence-corrected chi connectivity index (χ3v) is 3.56. The maximum Gasteiger partial charge on any atom is 0.121 e. The summed E-state index contributed by atoms with van der Waals surface area (Å²) in [5, 5.41) is 12.6. The maximum atomic E-state index is 9.20. The smallest absolute Gasteiger partial charge is 0.121 e. The Bertz CT molecular complexity index is 391. The molecule has 0 heterocycles. The zero-order chi connectivity index (χ0) is 11.4. The van der Waals surface area contributed by atoms with Crippen LogP contribution in [-0.2, 0) is 0 Å². The minimum Gasteiger partial charge on any atom is -0.295 e. The van der Waals surface area contributed by atoms with Crippen LogP contribution in [0, 0.1) is 11.3 Å². The Balaban J connectivity index is 2.07. The summed E-state index contributed by atoms with van der Waals surface area (Å²) in [5.74, 6) is 0. The van der Waals surface area contributed by atoms with Crippen molar-refractivity contribution in [3.05, 3.63) is 34.3 Å². The van der Waals surface area contributed by atoms with Gasteiger partial charge in [-0.15, -0.1) is 0 Å². The monoisotopic (exact) mass is 278 g/mol. The lowest BCUT2D eigenvalue weighted by Gasteiger charge is -2.17. The van der Waals surface area contributed by atoms with Gasteiger partial charge in [-0.1, -0.05) is 40.9 Å². The van der Waals surface area contributed by atoms with E-state index in [0.717, 1.165) is 10.0 Å². The van der Waals surface area contributed by atoms with Crippen LogP contribution in [-0.4, -0.2) is 6.04 Å². The predicted molar refractivity (Wildman–Crippen MR) is 67.9 cm³/mol. The first kappa shape index (κ1) is 11.6. The van der Waals surface area contributed by atoms with Crippen LogP contribution in [0.1, 0.15) is 37.3 Å². The highest BCUT2D eigenvalue weighted by molar-refractivity contribution is 9.10. The number of nitrogens with zero attached hydrogens (tertiary/aromatic N) is 1. The zero-order valence-electron chi connectivity index (χ0n) is 9.12. The van der Waals surface area contributed by atoms with Crippen LogP contribution in [0.5, 0.6) is 0 Å². The zero-order valence-corrected chi connectivity index (χ0v) is 10.7. The molecule has 1 aromatic rings. The van der Waals surface area contributed by atoms with Crippen molar-refractivity contribution in [3.63, 3.8) is 0 Å². The van der Waals surface area contributed by atoms with Crippen LogP contribution in [0.25, 0.3) is 0 Å². The van der Waals surface area contributed by atoms with Crippen molar-refractivity contribution in [2.24, 2.45) is 0 Å². The summed E-state index contributed by atoms with van der Waals surface area (Å²) in [4.78, 5) is 0. The van der Waals surface area contributed by atoms with Crippen molar-refractivity contribution in [3.8, 4) is 6.07 Å². The number of benzene rings is 1. The summed E-state index contributed by atoms with van der Waals surface area (Å²) < 4.78 is 1.03. The van der Waals surface area contributed by atoms with Gasteiger partial charge in [-0.3, -0.25) is 5.32 Å². The average Bonchev–Trinajstić information content (AvgIpc) is 2.78. The molecule has 0 aromatic heterocycles. The van der Waals surface area contributed by atoms with E-state index in [4.69, 9.17) is 0 Å². The molecule has 16 heavy (non-hydrogen) atoms. The summed E-state index contributed by atoms with van der Waals surface area (Å²) in [6.45, 7) is 0. The van der Waals surface area contributed by atoms with E-state index in [1.165, 1.54) is 25.7 Å². The van der Waals surface area contributed by atoms with Crippen LogP contribution in [0.4, 0.5) is 0 Å². The molecule has 1 saturated carbocycles. The summed E-state index contributed by atoms with van der Waals surface area (Å²) in [5.41, 5.74) is 1.05. The number of hydrogen-bond donors (Lipinski definition) is 1. The van der Waals surface area contributed by atoms with Gasteiger partial charge in [0.15, 0.2) is 0 Å². The quantitative estimate of drug-likeness (QED) is 0.918. The van der Waals surface area contributed by atoms with Gasteiger partial charge in [-0.25, -0.2) is 0 Å². The van der Waals surface area contributed by atoms with Gasteiger partial charge in [0, 0.05) is 10.5 Å². The highest BCUT2D eigenvalue weighted by atomic mass is 79.9. The maximum absolute atomic E-state index is 9.20. The second-order valence-corrected chi connectivity index (χ2v) is 5.18. The molecule has 0 saturated heterocycles. The van der Waals surface area contributed by atoms with E-state index < -0.39 is 0 Å². The first-order chi connectivity index (χ1) is 7.79. The fraction of sp³-hybridized carbons (Fsp3) is 0.462. The van der Waals surface area contributed by atoms with Crippen molar-refractivity contribution in [1.82, 2.24) is 5.32 Å². The normalized spacial score (nSPS) is 18.2. The summed E-state index contributed by atoms with van der Waals surface area (Å²) in [7, 11) is 0. The molecule has 0 bridgehead atoms. The highest BCUT2D eigenvalue weighted by Crippen LogP contribution is 2.23. The van der Waals surface area contributed by atoms with E-state index in [1.807, 2.05) is 24.3 Å². The lowest BCUT2D eigenvalue weighted by Crippen LogP contribution is -2.29. The van der Waals surface area contributed by atoms with E-state index in [1.54, 1.807) is 0 Å². The molecule has 2 nitrogen and oxygen atoms in total. The van der Waals surface area contributed by atoms with Crippen LogP contribution in [0.2, 0.25) is 0 Å². The Morgan fingerprint density at radius 2 is 2.12 bits per heavy atom. The standard InChI is InChI=1S/C13H15BrN2/c14-11-5-3-4-10(8-11)13(9-15)16-12-6-1-2-7-12/h3-5,8,12-13,16H,1-2,6-7H2. The van der Waals surface area contributed by atoms with Crippen molar-refractivity contribution < 1.29 is 0 Å². The second kappa shape index (κ2) is 5.47. The molecule has 1 fully saturated rings. The third kappa shape index (κ3) is 2.84. The topological polar surface area (TPSA) is 35.8 Å². The molecule has 0 radical (unpaired) electrons. The lowest BCUT2D eigenvalue weighted by atomic mass is 10.1. The van der Waals surface area contributed by atoms with Crippen LogP contribution in [0.3, 0.4) is 0 Å². The number of rotatable bonds is 3. The second-order valence-electron chi connectivity index (χ2n) is 4.27. The van der Waals surface area contributed by atoms with Gasteiger partial charge in [0.2, 0.25) is 0 Å². The number of nitrogens with one attached hydrogen (secondary N) is 1. The van der Waals surface area contributed by atoms with Crippen molar-refractivity contribution in [1.29, 1.82) is 5.26 Å². The Hall–Kier alpha value is -0.850. The molecule has 1 N–H and O–H groups in total. The highest BCUT2D eigenvalue weighted by Gasteiger charge is 2.19. The van der Waals surface area contributed by atoms with Crippen molar-refractivity contribution in [2.45, 2.75) is 37.8 Å². The summed E-state index contributed by atoms with van der Waals surface area (Å²) in [6.07, 6.45) is 4.97. The lowest BCUT2D eigenvalue weighted by molar-refractivity contribution is 0.492. The van der Waals surface area contributed by atoms with E-state index in [9.17, 15) is 5.26 Å². The van der Waals surface area contributed by atoms with Gasteiger partial charge >= 0.3 is 0 Å². The van der Waals surface area contributed by atoms with Gasteiger partial charge in [0.05, 0.1) is 6.07 Å². The fourth-order valence-electron chi connectivity index (χ4n) is 2.22. The van der Waals surface area contributed by atoms with Gasteiger partial charge in [-0.05, 0) is 30.5 Å². The van der Waals surface area contributed by atoms with Crippen LogP contribution < -0.4 is 5.32 Å². The molecule has 1 atom stereocenters. The van der Waals surface area contributed by atoms with E-state index >= 15 is 0 Å². The van der Waals surface area contributed by atoms with Gasteiger partial charge < -0.3 is 0 Å².